The van der Waals surface area contributed by atoms with Crippen LogP contribution >= 0.6 is 12.2 Å². The summed E-state index contributed by atoms with van der Waals surface area (Å²) in [4.78, 5) is 0. The molecule has 0 radical (unpaired) electrons. The van der Waals surface area contributed by atoms with Crippen molar-refractivity contribution in [2.75, 3.05) is 13.7 Å². The highest BCUT2D eigenvalue weighted by atomic mass is 32.1. The van der Waals surface area contributed by atoms with Gasteiger partial charge in [-0.25, -0.2) is 5.10 Å². The maximum Gasteiger partial charge on any atom is 0.216 e. The maximum absolute atomic E-state index is 5.84. The minimum absolute atomic E-state index is 0.428. The normalized spacial score (nSPS) is 11.3. The molecule has 0 aliphatic carbocycles. The van der Waals surface area contributed by atoms with Gasteiger partial charge in [0, 0.05) is 5.56 Å². The number of nitrogens with one attached hydrogen (secondary N) is 1. The van der Waals surface area contributed by atoms with Crippen LogP contribution < -0.4 is 9.47 Å². The summed E-state index contributed by atoms with van der Waals surface area (Å²) in [6.07, 6.45) is 2.72. The summed E-state index contributed by atoms with van der Waals surface area (Å²) in [6.45, 7) is 7.05. The Bertz CT molecular complexity index is 1040. The first-order valence-electron chi connectivity index (χ1n) is 9.57. The summed E-state index contributed by atoms with van der Waals surface area (Å²) in [7, 11) is 1.63. The SMILES string of the molecule is COc1cc(/C=N\n2c(-c3ccc(C)cc3)n[nH]c2=S)ccc1OCCC(C)C. The highest BCUT2D eigenvalue weighted by Gasteiger charge is 2.09. The van der Waals surface area contributed by atoms with E-state index in [0.29, 0.717) is 28.9 Å². The first kappa shape index (κ1) is 20.8. The molecule has 0 fully saturated rings. The van der Waals surface area contributed by atoms with Crippen LogP contribution in [0.2, 0.25) is 0 Å². The van der Waals surface area contributed by atoms with Crippen LogP contribution in [0.15, 0.2) is 47.6 Å². The van der Waals surface area contributed by atoms with Crippen LogP contribution in [-0.4, -0.2) is 34.8 Å². The Morgan fingerprint density at radius 1 is 1.17 bits per heavy atom. The molecule has 0 atom stereocenters. The van der Waals surface area contributed by atoms with Gasteiger partial charge in [-0.1, -0.05) is 43.7 Å². The predicted octanol–water partition coefficient (Wildman–Crippen LogP) is 5.23. The third-order valence-electron chi connectivity index (χ3n) is 4.42. The zero-order valence-corrected chi connectivity index (χ0v) is 18.0. The molecule has 0 spiro atoms. The summed E-state index contributed by atoms with van der Waals surface area (Å²) in [5, 5.41) is 11.6. The van der Waals surface area contributed by atoms with Gasteiger partial charge < -0.3 is 9.47 Å². The molecule has 1 aromatic heterocycles. The maximum atomic E-state index is 5.84. The quantitative estimate of drug-likeness (QED) is 0.408. The van der Waals surface area contributed by atoms with Crippen molar-refractivity contribution in [3.63, 3.8) is 0 Å². The lowest BCUT2D eigenvalue weighted by Crippen LogP contribution is -2.03. The van der Waals surface area contributed by atoms with Crippen molar-refractivity contribution < 1.29 is 9.47 Å². The lowest BCUT2D eigenvalue weighted by atomic mass is 10.1. The summed E-state index contributed by atoms with van der Waals surface area (Å²) < 4.78 is 13.4. The Morgan fingerprint density at radius 3 is 2.62 bits per heavy atom. The molecule has 0 aliphatic heterocycles. The zero-order chi connectivity index (χ0) is 20.8. The second-order valence-corrected chi connectivity index (χ2v) is 7.60. The third kappa shape index (κ3) is 5.32. The van der Waals surface area contributed by atoms with Crippen molar-refractivity contribution >= 4 is 18.4 Å². The average Bonchev–Trinajstić information content (AvgIpc) is 3.07. The molecule has 0 saturated carbocycles. The van der Waals surface area contributed by atoms with E-state index in [1.807, 2.05) is 49.4 Å². The summed E-state index contributed by atoms with van der Waals surface area (Å²) in [5.41, 5.74) is 2.99. The van der Waals surface area contributed by atoms with E-state index in [-0.39, 0.29) is 0 Å². The van der Waals surface area contributed by atoms with Crippen molar-refractivity contribution in [3.05, 3.63) is 58.4 Å². The fraction of sp³-hybridized carbons (Fsp3) is 0.318. The van der Waals surface area contributed by atoms with E-state index < -0.39 is 0 Å². The fourth-order valence-corrected chi connectivity index (χ4v) is 2.88. The average molecular weight is 411 g/mol. The molecular formula is C22H26N4O2S. The van der Waals surface area contributed by atoms with Crippen molar-refractivity contribution in [2.24, 2.45) is 11.0 Å². The van der Waals surface area contributed by atoms with Crippen molar-refractivity contribution in [1.29, 1.82) is 0 Å². The first-order valence-corrected chi connectivity index (χ1v) is 9.98. The van der Waals surface area contributed by atoms with Gasteiger partial charge in [-0.15, -0.1) is 0 Å². The molecule has 2 aromatic carbocycles. The van der Waals surface area contributed by atoms with Crippen LogP contribution in [0.1, 0.15) is 31.4 Å². The lowest BCUT2D eigenvalue weighted by molar-refractivity contribution is 0.273. The molecule has 29 heavy (non-hydrogen) atoms. The molecule has 3 rings (SSSR count). The zero-order valence-electron chi connectivity index (χ0n) is 17.2. The van der Waals surface area contributed by atoms with E-state index in [1.54, 1.807) is 18.0 Å². The second kappa shape index (κ2) is 9.52. The topological polar surface area (TPSA) is 64.4 Å². The monoisotopic (exact) mass is 410 g/mol. The highest BCUT2D eigenvalue weighted by molar-refractivity contribution is 7.71. The minimum Gasteiger partial charge on any atom is -0.493 e. The molecule has 1 heterocycles. The van der Waals surface area contributed by atoms with Gasteiger partial charge in [0.15, 0.2) is 17.3 Å². The summed E-state index contributed by atoms with van der Waals surface area (Å²) >= 11 is 5.34. The molecular weight excluding hydrogens is 384 g/mol. The highest BCUT2D eigenvalue weighted by Crippen LogP contribution is 2.28. The standard InChI is InChI=1S/C22H26N4O2S/c1-15(2)11-12-28-19-10-7-17(13-20(19)27-4)14-23-26-21(24-25-22(26)29)18-8-5-16(3)6-9-18/h5-10,13-15H,11-12H2,1-4H3,(H,25,29)/b23-14-. The number of hydrogen-bond donors (Lipinski definition) is 1. The number of aromatic nitrogens is 3. The Hall–Kier alpha value is -2.93. The van der Waals surface area contributed by atoms with Crippen molar-refractivity contribution in [2.45, 2.75) is 27.2 Å². The van der Waals surface area contributed by atoms with E-state index in [1.165, 1.54) is 5.56 Å². The van der Waals surface area contributed by atoms with Gasteiger partial charge in [0.05, 0.1) is 19.9 Å². The molecule has 1 N–H and O–H groups in total. The molecule has 152 valence electrons. The van der Waals surface area contributed by atoms with Gasteiger partial charge in [0.2, 0.25) is 4.77 Å². The largest absolute Gasteiger partial charge is 0.493 e. The molecule has 3 aromatic rings. The van der Waals surface area contributed by atoms with E-state index in [4.69, 9.17) is 21.7 Å². The summed E-state index contributed by atoms with van der Waals surface area (Å²) in [6, 6.07) is 13.8. The van der Waals surface area contributed by atoms with Crippen molar-refractivity contribution in [1.82, 2.24) is 14.9 Å². The van der Waals surface area contributed by atoms with Crippen LogP contribution in [0.4, 0.5) is 0 Å². The van der Waals surface area contributed by atoms with Crippen molar-refractivity contribution in [3.8, 4) is 22.9 Å². The third-order valence-corrected chi connectivity index (χ3v) is 4.69. The summed E-state index contributed by atoms with van der Waals surface area (Å²) in [5.74, 6) is 2.65. The van der Waals surface area contributed by atoms with Crippen LogP contribution in [-0.2, 0) is 0 Å². The number of benzene rings is 2. The van der Waals surface area contributed by atoms with E-state index >= 15 is 0 Å². The van der Waals surface area contributed by atoms with Gasteiger partial charge in [0.1, 0.15) is 0 Å². The number of aromatic amines is 1. The lowest BCUT2D eigenvalue weighted by Gasteiger charge is -2.12. The van der Waals surface area contributed by atoms with Gasteiger partial charge in [-0.05, 0) is 55.2 Å². The minimum atomic E-state index is 0.428. The fourth-order valence-electron chi connectivity index (χ4n) is 2.70. The molecule has 0 unspecified atom stereocenters. The number of nitrogens with zero attached hydrogens (tertiary/aromatic N) is 3. The van der Waals surface area contributed by atoms with Gasteiger partial charge in [0.25, 0.3) is 0 Å². The van der Waals surface area contributed by atoms with Crippen LogP contribution in [0.5, 0.6) is 11.5 Å². The smallest absolute Gasteiger partial charge is 0.216 e. The van der Waals surface area contributed by atoms with Crippen LogP contribution in [0, 0.1) is 17.6 Å². The number of ether oxygens (including phenoxy) is 2. The Morgan fingerprint density at radius 2 is 1.93 bits per heavy atom. The number of aryl methyl sites for hydroxylation is 1. The predicted molar refractivity (Wildman–Crippen MR) is 119 cm³/mol. The van der Waals surface area contributed by atoms with Gasteiger partial charge in [-0.3, -0.25) is 0 Å². The number of hydrogen-bond acceptors (Lipinski definition) is 5. The van der Waals surface area contributed by atoms with E-state index in [9.17, 15) is 0 Å². The Labute approximate surface area is 176 Å². The van der Waals surface area contributed by atoms with E-state index in [2.05, 4.69) is 29.1 Å². The van der Waals surface area contributed by atoms with Crippen LogP contribution in [0.3, 0.4) is 0 Å². The molecule has 0 bridgehead atoms. The molecule has 7 heteroatoms. The molecule has 0 saturated heterocycles. The number of rotatable bonds is 8. The molecule has 0 aliphatic rings. The molecule has 0 amide bonds. The first-order chi connectivity index (χ1) is 14.0. The van der Waals surface area contributed by atoms with Crippen LogP contribution in [0.25, 0.3) is 11.4 Å². The van der Waals surface area contributed by atoms with Gasteiger partial charge in [-0.2, -0.15) is 14.9 Å². The number of H-pyrrole nitrogens is 1. The molecule has 6 nitrogen and oxygen atoms in total. The Balaban J connectivity index is 1.82. The Kier molecular flexibility index (Phi) is 6.82. The number of methoxy groups -OCH3 is 1. The van der Waals surface area contributed by atoms with E-state index in [0.717, 1.165) is 23.3 Å². The van der Waals surface area contributed by atoms with Gasteiger partial charge >= 0.3 is 0 Å². The second-order valence-electron chi connectivity index (χ2n) is 7.22.